The molecule has 0 aliphatic heterocycles. The van der Waals surface area contributed by atoms with Crippen molar-refractivity contribution in [3.8, 4) is 0 Å². The Morgan fingerprint density at radius 1 is 1.75 bits per heavy atom. The number of aryl methyl sites for hydroxylation is 1. The van der Waals surface area contributed by atoms with Crippen LogP contribution in [0.5, 0.6) is 0 Å². The summed E-state index contributed by atoms with van der Waals surface area (Å²) in [5.41, 5.74) is 6.21. The van der Waals surface area contributed by atoms with E-state index in [1.807, 2.05) is 13.0 Å². The molecule has 0 saturated carbocycles. The molecular weight excluding hydrogens is 154 g/mol. The molecule has 0 aromatic carbocycles. The first kappa shape index (κ1) is 8.84. The molecule has 0 aliphatic rings. The second-order valence-electron chi connectivity index (χ2n) is 2.79. The lowest BCUT2D eigenvalue weighted by Gasteiger charge is -2.04. The third-order valence-electron chi connectivity index (χ3n) is 1.98. The quantitative estimate of drug-likeness (QED) is 0.740. The number of rotatable bonds is 3. The molecule has 1 aromatic rings. The average molecular weight is 167 g/mol. The Morgan fingerprint density at radius 3 is 2.92 bits per heavy atom. The van der Waals surface area contributed by atoms with E-state index in [1.54, 1.807) is 13.2 Å². The summed E-state index contributed by atoms with van der Waals surface area (Å²) in [6.45, 7) is 3.77. The minimum absolute atomic E-state index is 0.324. The number of carbonyl (C=O) groups excluding carboxylic acids is 1. The van der Waals surface area contributed by atoms with Gasteiger partial charge in [-0.1, -0.05) is 6.92 Å². The maximum atomic E-state index is 10.8. The molecule has 1 heterocycles. The highest BCUT2D eigenvalue weighted by molar-refractivity contribution is 5.81. The van der Waals surface area contributed by atoms with Crippen LogP contribution < -0.4 is 5.73 Å². The minimum atomic E-state index is -0.348. The maximum absolute atomic E-state index is 10.8. The van der Waals surface area contributed by atoms with Crippen molar-refractivity contribution in [2.24, 2.45) is 5.73 Å². The first-order valence-corrected chi connectivity index (χ1v) is 4.02. The van der Waals surface area contributed by atoms with Crippen molar-refractivity contribution >= 4 is 5.91 Å². The van der Waals surface area contributed by atoms with Gasteiger partial charge in [0.1, 0.15) is 5.76 Å². The van der Waals surface area contributed by atoms with E-state index >= 15 is 0 Å². The van der Waals surface area contributed by atoms with E-state index in [4.69, 9.17) is 10.2 Å². The molecule has 1 rings (SSSR count). The van der Waals surface area contributed by atoms with Gasteiger partial charge in [0, 0.05) is 0 Å². The SMILES string of the molecule is CCc1ccoc1C(C)C(N)=O. The van der Waals surface area contributed by atoms with Gasteiger partial charge in [0.05, 0.1) is 12.2 Å². The lowest BCUT2D eigenvalue weighted by atomic mass is 10.0. The fourth-order valence-corrected chi connectivity index (χ4v) is 1.15. The third kappa shape index (κ3) is 1.49. The highest BCUT2D eigenvalue weighted by atomic mass is 16.3. The number of furan rings is 1. The lowest BCUT2D eigenvalue weighted by molar-refractivity contribution is -0.119. The summed E-state index contributed by atoms with van der Waals surface area (Å²) in [6, 6.07) is 1.87. The molecule has 0 spiro atoms. The van der Waals surface area contributed by atoms with Crippen molar-refractivity contribution < 1.29 is 9.21 Å². The van der Waals surface area contributed by atoms with Gasteiger partial charge in [0.25, 0.3) is 0 Å². The van der Waals surface area contributed by atoms with Crippen LogP contribution in [0, 0.1) is 0 Å². The fourth-order valence-electron chi connectivity index (χ4n) is 1.15. The lowest BCUT2D eigenvalue weighted by Crippen LogP contribution is -2.19. The summed E-state index contributed by atoms with van der Waals surface area (Å²) < 4.78 is 5.18. The third-order valence-corrected chi connectivity index (χ3v) is 1.98. The summed E-state index contributed by atoms with van der Waals surface area (Å²) in [5.74, 6) is 0.0274. The Labute approximate surface area is 71.6 Å². The predicted molar refractivity (Wildman–Crippen MR) is 45.7 cm³/mol. The van der Waals surface area contributed by atoms with Crippen molar-refractivity contribution in [1.82, 2.24) is 0 Å². The zero-order chi connectivity index (χ0) is 9.14. The van der Waals surface area contributed by atoms with Crippen LogP contribution in [0.3, 0.4) is 0 Å². The topological polar surface area (TPSA) is 56.2 Å². The largest absolute Gasteiger partial charge is 0.468 e. The molecule has 2 N–H and O–H groups in total. The van der Waals surface area contributed by atoms with Gasteiger partial charge < -0.3 is 10.2 Å². The molecule has 1 atom stereocenters. The number of primary amides is 1. The Hall–Kier alpha value is -1.25. The molecule has 0 radical (unpaired) electrons. The monoisotopic (exact) mass is 167 g/mol. The van der Waals surface area contributed by atoms with Crippen molar-refractivity contribution in [2.75, 3.05) is 0 Å². The first-order valence-electron chi connectivity index (χ1n) is 4.02. The van der Waals surface area contributed by atoms with Crippen LogP contribution in [0.25, 0.3) is 0 Å². The van der Waals surface area contributed by atoms with Crippen LogP contribution in [-0.4, -0.2) is 5.91 Å². The van der Waals surface area contributed by atoms with E-state index in [0.717, 1.165) is 12.0 Å². The molecule has 1 aromatic heterocycles. The number of amides is 1. The first-order chi connectivity index (χ1) is 5.66. The van der Waals surface area contributed by atoms with Crippen molar-refractivity contribution in [3.63, 3.8) is 0 Å². The number of nitrogens with two attached hydrogens (primary N) is 1. The zero-order valence-electron chi connectivity index (χ0n) is 7.33. The Morgan fingerprint density at radius 2 is 2.42 bits per heavy atom. The fraction of sp³-hybridized carbons (Fsp3) is 0.444. The molecule has 0 fully saturated rings. The molecule has 0 saturated heterocycles. The Kier molecular flexibility index (Phi) is 2.53. The maximum Gasteiger partial charge on any atom is 0.227 e. The van der Waals surface area contributed by atoms with Crippen LogP contribution in [0.15, 0.2) is 16.7 Å². The molecule has 0 bridgehead atoms. The summed E-state index contributed by atoms with van der Waals surface area (Å²) in [5, 5.41) is 0. The smallest absolute Gasteiger partial charge is 0.227 e. The number of hydrogen-bond donors (Lipinski definition) is 1. The van der Waals surface area contributed by atoms with E-state index in [9.17, 15) is 4.79 Å². The second-order valence-corrected chi connectivity index (χ2v) is 2.79. The molecule has 66 valence electrons. The van der Waals surface area contributed by atoms with E-state index in [2.05, 4.69) is 0 Å². The van der Waals surface area contributed by atoms with Gasteiger partial charge in [-0.25, -0.2) is 0 Å². The van der Waals surface area contributed by atoms with Gasteiger partial charge in [-0.05, 0) is 25.0 Å². The Balaban J connectivity index is 2.93. The molecule has 3 nitrogen and oxygen atoms in total. The van der Waals surface area contributed by atoms with Gasteiger partial charge in [-0.15, -0.1) is 0 Å². The minimum Gasteiger partial charge on any atom is -0.468 e. The highest BCUT2D eigenvalue weighted by Gasteiger charge is 2.17. The van der Waals surface area contributed by atoms with Crippen LogP contribution in [0.4, 0.5) is 0 Å². The zero-order valence-corrected chi connectivity index (χ0v) is 7.33. The molecule has 1 amide bonds. The van der Waals surface area contributed by atoms with Crippen molar-refractivity contribution in [3.05, 3.63) is 23.7 Å². The highest BCUT2D eigenvalue weighted by Crippen LogP contribution is 2.20. The standard InChI is InChI=1S/C9H13NO2/c1-3-7-4-5-12-8(7)6(2)9(10)11/h4-6H,3H2,1-2H3,(H2,10,11). The normalized spacial score (nSPS) is 12.8. The van der Waals surface area contributed by atoms with Crippen LogP contribution >= 0.6 is 0 Å². The number of hydrogen-bond acceptors (Lipinski definition) is 2. The number of carbonyl (C=O) groups is 1. The average Bonchev–Trinajstić information content (AvgIpc) is 2.49. The predicted octanol–water partition coefficient (Wildman–Crippen LogP) is 1.43. The second kappa shape index (κ2) is 3.43. The van der Waals surface area contributed by atoms with Crippen molar-refractivity contribution in [1.29, 1.82) is 0 Å². The summed E-state index contributed by atoms with van der Waals surface area (Å²) in [7, 11) is 0. The van der Waals surface area contributed by atoms with Crippen LogP contribution in [0.2, 0.25) is 0 Å². The summed E-state index contributed by atoms with van der Waals surface area (Å²) >= 11 is 0. The van der Waals surface area contributed by atoms with E-state index in [1.165, 1.54) is 0 Å². The molecule has 0 aliphatic carbocycles. The van der Waals surface area contributed by atoms with Gasteiger partial charge in [-0.2, -0.15) is 0 Å². The van der Waals surface area contributed by atoms with Gasteiger partial charge in [0.2, 0.25) is 5.91 Å². The summed E-state index contributed by atoms with van der Waals surface area (Å²) in [4.78, 5) is 10.8. The molecule has 12 heavy (non-hydrogen) atoms. The molecule has 1 unspecified atom stereocenters. The Bertz CT molecular complexity index is 278. The van der Waals surface area contributed by atoms with Gasteiger partial charge in [-0.3, -0.25) is 4.79 Å². The summed E-state index contributed by atoms with van der Waals surface area (Å²) in [6.07, 6.45) is 2.46. The van der Waals surface area contributed by atoms with Gasteiger partial charge >= 0.3 is 0 Å². The van der Waals surface area contributed by atoms with E-state index in [-0.39, 0.29) is 11.8 Å². The van der Waals surface area contributed by atoms with E-state index < -0.39 is 0 Å². The van der Waals surface area contributed by atoms with Gasteiger partial charge in [0.15, 0.2) is 0 Å². The van der Waals surface area contributed by atoms with Crippen molar-refractivity contribution in [2.45, 2.75) is 26.2 Å². The van der Waals surface area contributed by atoms with Crippen LogP contribution in [0.1, 0.15) is 31.1 Å². The molecule has 3 heteroatoms. The van der Waals surface area contributed by atoms with E-state index in [0.29, 0.717) is 5.76 Å². The van der Waals surface area contributed by atoms with Crippen LogP contribution in [-0.2, 0) is 11.2 Å². The molecular formula is C9H13NO2.